The van der Waals surface area contributed by atoms with Gasteiger partial charge in [-0.3, -0.25) is 0 Å². The van der Waals surface area contributed by atoms with Gasteiger partial charge in [0.1, 0.15) is 12.1 Å². The van der Waals surface area contributed by atoms with Crippen LogP contribution in [0, 0.1) is 25.7 Å². The molecule has 1 aliphatic carbocycles. The van der Waals surface area contributed by atoms with Gasteiger partial charge in [-0.25, -0.2) is 27.4 Å². The zero-order valence-corrected chi connectivity index (χ0v) is 18.6. The van der Waals surface area contributed by atoms with Crippen LogP contribution in [-0.2, 0) is 10.0 Å². The Balaban J connectivity index is 1.28. The quantitative estimate of drug-likeness (QED) is 0.740. The maximum absolute atomic E-state index is 13.1. The van der Waals surface area contributed by atoms with Crippen molar-refractivity contribution in [2.45, 2.75) is 51.2 Å². The Kier molecular flexibility index (Phi) is 5.05. The van der Waals surface area contributed by atoms with Crippen LogP contribution in [0.3, 0.4) is 0 Å². The second-order valence-corrected chi connectivity index (χ2v) is 11.3. The van der Waals surface area contributed by atoms with E-state index >= 15 is 0 Å². The van der Waals surface area contributed by atoms with E-state index in [1.807, 2.05) is 30.7 Å². The summed E-state index contributed by atoms with van der Waals surface area (Å²) in [5.41, 5.74) is 2.00. The third-order valence-electron chi connectivity index (χ3n) is 6.97. The molecule has 8 nitrogen and oxygen atoms in total. The molecule has 2 aromatic rings. The molecule has 4 heterocycles. The van der Waals surface area contributed by atoms with Crippen LogP contribution in [0.5, 0.6) is 0 Å². The Morgan fingerprint density at radius 1 is 0.900 bits per heavy atom. The summed E-state index contributed by atoms with van der Waals surface area (Å²) in [6.45, 7) is 6.97. The third-order valence-corrected chi connectivity index (χ3v) is 9.31. The number of hydrogen-bond acceptors (Lipinski definition) is 6. The largest absolute Gasteiger partial charge is 0.356 e. The second-order valence-electron chi connectivity index (χ2n) is 9.12. The first kappa shape index (κ1) is 19.9. The summed E-state index contributed by atoms with van der Waals surface area (Å²) < 4.78 is 29.8. The average Bonchev–Trinajstić information content (AvgIpc) is 3.41. The van der Waals surface area contributed by atoms with Gasteiger partial charge in [-0.15, -0.1) is 0 Å². The lowest BCUT2D eigenvalue weighted by Crippen LogP contribution is -2.40. The first-order valence-electron chi connectivity index (χ1n) is 11.0. The number of hydrogen-bond donors (Lipinski definition) is 0. The van der Waals surface area contributed by atoms with E-state index in [0.29, 0.717) is 24.9 Å². The predicted octanol–water partition coefficient (Wildman–Crippen LogP) is 2.31. The fraction of sp³-hybridized carbons (Fsp3) is 0.667. The molecule has 9 heteroatoms. The van der Waals surface area contributed by atoms with E-state index in [1.165, 1.54) is 6.42 Å². The lowest BCUT2D eigenvalue weighted by molar-refractivity contribution is 0.415. The topological polar surface area (TPSA) is 84.2 Å². The Morgan fingerprint density at radius 2 is 1.57 bits per heavy atom. The van der Waals surface area contributed by atoms with Gasteiger partial charge in [0.2, 0.25) is 10.0 Å². The molecule has 2 atom stereocenters. The lowest BCUT2D eigenvalue weighted by atomic mass is 10.0. The Labute approximate surface area is 178 Å². The van der Waals surface area contributed by atoms with Crippen molar-refractivity contribution in [3.63, 3.8) is 0 Å². The average molecular weight is 431 g/mol. The molecule has 2 saturated heterocycles. The highest BCUT2D eigenvalue weighted by Crippen LogP contribution is 2.37. The van der Waals surface area contributed by atoms with Gasteiger partial charge in [0.05, 0.1) is 10.9 Å². The van der Waals surface area contributed by atoms with Crippen molar-refractivity contribution in [2.24, 2.45) is 11.8 Å². The zero-order valence-electron chi connectivity index (χ0n) is 17.7. The Hall–Kier alpha value is -2.00. The molecule has 3 aliphatic rings. The predicted molar refractivity (Wildman–Crippen MR) is 115 cm³/mol. The summed E-state index contributed by atoms with van der Waals surface area (Å²) in [4.78, 5) is 11.2. The number of anilines is 1. The van der Waals surface area contributed by atoms with E-state index in [-0.39, 0.29) is 5.25 Å². The standard InChI is InChI=1S/C21H30N6O2S/c1-15-8-16(2)27(24-15)21-9-20(22-14-23-21)25-10-17-12-26(13-18(17)11-25)30(28,29)19-6-4-3-5-7-19/h8-9,14,17-19H,3-7,10-13H2,1-2H3. The molecular weight excluding hydrogens is 400 g/mol. The Bertz CT molecular complexity index is 1020. The van der Waals surface area contributed by atoms with E-state index in [9.17, 15) is 8.42 Å². The number of aromatic nitrogens is 4. The van der Waals surface area contributed by atoms with Crippen molar-refractivity contribution in [2.75, 3.05) is 31.1 Å². The van der Waals surface area contributed by atoms with E-state index in [2.05, 4.69) is 20.0 Å². The van der Waals surface area contributed by atoms with Crippen LogP contribution in [0.2, 0.25) is 0 Å². The van der Waals surface area contributed by atoms with Crippen LogP contribution in [0.25, 0.3) is 5.82 Å². The molecule has 0 aromatic carbocycles. The molecule has 0 N–H and O–H groups in total. The van der Waals surface area contributed by atoms with Crippen LogP contribution in [-0.4, -0.2) is 63.9 Å². The van der Waals surface area contributed by atoms with Crippen molar-refractivity contribution >= 4 is 15.8 Å². The summed E-state index contributed by atoms with van der Waals surface area (Å²) >= 11 is 0. The number of aryl methyl sites for hydroxylation is 2. The Morgan fingerprint density at radius 3 is 2.20 bits per heavy atom. The maximum atomic E-state index is 13.1. The van der Waals surface area contributed by atoms with Crippen molar-refractivity contribution in [3.05, 3.63) is 29.8 Å². The normalized spacial score (nSPS) is 25.7. The summed E-state index contributed by atoms with van der Waals surface area (Å²) in [7, 11) is -3.15. The maximum Gasteiger partial charge on any atom is 0.217 e. The molecule has 30 heavy (non-hydrogen) atoms. The molecule has 0 bridgehead atoms. The molecule has 5 rings (SSSR count). The molecule has 2 aromatic heterocycles. The fourth-order valence-electron chi connectivity index (χ4n) is 5.41. The van der Waals surface area contributed by atoms with E-state index in [1.54, 1.807) is 10.6 Å². The van der Waals surface area contributed by atoms with Gasteiger partial charge in [-0.1, -0.05) is 19.3 Å². The summed E-state index contributed by atoms with van der Waals surface area (Å²) in [5.74, 6) is 2.40. The highest BCUT2D eigenvalue weighted by atomic mass is 32.2. The summed E-state index contributed by atoms with van der Waals surface area (Å²) in [5, 5.41) is 4.36. The smallest absolute Gasteiger partial charge is 0.217 e. The van der Waals surface area contributed by atoms with Crippen LogP contribution in [0.4, 0.5) is 5.82 Å². The van der Waals surface area contributed by atoms with Gasteiger partial charge in [-0.05, 0) is 44.6 Å². The van der Waals surface area contributed by atoms with Crippen molar-refractivity contribution in [1.82, 2.24) is 24.1 Å². The zero-order chi connectivity index (χ0) is 20.9. The van der Waals surface area contributed by atoms with Crippen molar-refractivity contribution in [1.29, 1.82) is 0 Å². The number of nitrogens with zero attached hydrogens (tertiary/aromatic N) is 6. The van der Waals surface area contributed by atoms with Gasteiger partial charge in [-0.2, -0.15) is 5.10 Å². The van der Waals surface area contributed by atoms with E-state index in [4.69, 9.17) is 0 Å². The minimum absolute atomic E-state index is 0.161. The van der Waals surface area contributed by atoms with Crippen LogP contribution < -0.4 is 4.90 Å². The minimum Gasteiger partial charge on any atom is -0.356 e. The molecule has 2 aliphatic heterocycles. The van der Waals surface area contributed by atoms with Crippen LogP contribution in [0.1, 0.15) is 43.5 Å². The lowest BCUT2D eigenvalue weighted by Gasteiger charge is -2.28. The van der Waals surface area contributed by atoms with Crippen molar-refractivity contribution < 1.29 is 8.42 Å². The van der Waals surface area contributed by atoms with Gasteiger partial charge < -0.3 is 4.90 Å². The minimum atomic E-state index is -3.15. The molecular formula is C21H30N6O2S. The number of rotatable bonds is 4. The molecule has 162 valence electrons. The molecule has 3 fully saturated rings. The number of sulfonamides is 1. The van der Waals surface area contributed by atoms with E-state index in [0.717, 1.165) is 61.8 Å². The van der Waals surface area contributed by atoms with Gasteiger partial charge in [0.15, 0.2) is 5.82 Å². The highest BCUT2D eigenvalue weighted by Gasteiger charge is 2.46. The van der Waals surface area contributed by atoms with Crippen molar-refractivity contribution in [3.8, 4) is 5.82 Å². The SMILES string of the molecule is Cc1cc(C)n(-c2cc(N3CC4CN(S(=O)(=O)C5CCCCC5)CC4C3)ncn2)n1. The van der Waals surface area contributed by atoms with Gasteiger partial charge in [0.25, 0.3) is 0 Å². The van der Waals surface area contributed by atoms with Crippen LogP contribution in [0.15, 0.2) is 18.5 Å². The fourth-order valence-corrected chi connectivity index (χ4v) is 7.55. The van der Waals surface area contributed by atoms with Gasteiger partial charge >= 0.3 is 0 Å². The van der Waals surface area contributed by atoms with E-state index < -0.39 is 10.0 Å². The molecule has 0 spiro atoms. The second kappa shape index (κ2) is 7.60. The number of fused-ring (bicyclic) bond motifs is 1. The van der Waals surface area contributed by atoms with Crippen LogP contribution >= 0.6 is 0 Å². The molecule has 0 amide bonds. The first-order chi connectivity index (χ1) is 14.4. The summed E-state index contributed by atoms with van der Waals surface area (Å²) in [6, 6.07) is 4.01. The summed E-state index contributed by atoms with van der Waals surface area (Å²) in [6.07, 6.45) is 6.51. The molecule has 1 saturated carbocycles. The third kappa shape index (κ3) is 3.51. The van der Waals surface area contributed by atoms with Gasteiger partial charge in [0, 0.05) is 37.9 Å². The molecule has 0 radical (unpaired) electrons. The molecule has 2 unspecified atom stereocenters. The first-order valence-corrected chi connectivity index (χ1v) is 12.5. The monoisotopic (exact) mass is 430 g/mol. The highest BCUT2D eigenvalue weighted by molar-refractivity contribution is 7.89.